The molecule has 152 valence electrons. The van der Waals surface area contributed by atoms with Crippen LogP contribution in [0.15, 0.2) is 73.1 Å². The quantitative estimate of drug-likeness (QED) is 0.538. The normalized spacial score (nSPS) is 12.0. The molecule has 4 aromatic rings. The molecule has 0 aliphatic carbocycles. The van der Waals surface area contributed by atoms with E-state index in [2.05, 4.69) is 15.4 Å². The van der Waals surface area contributed by atoms with Crippen LogP contribution in [-0.4, -0.2) is 25.2 Å². The fourth-order valence-electron chi connectivity index (χ4n) is 3.72. The number of rotatable bonds is 6. The molecule has 0 radical (unpaired) electrons. The third-order valence-electron chi connectivity index (χ3n) is 5.33. The first-order valence-electron chi connectivity index (χ1n) is 9.96. The molecule has 0 fully saturated rings. The zero-order valence-electron chi connectivity index (χ0n) is 17.4. The van der Waals surface area contributed by atoms with Crippen LogP contribution in [-0.2, 0) is 18.3 Å². The predicted octanol–water partition coefficient (Wildman–Crippen LogP) is 3.67. The molecule has 1 N–H and O–H groups in total. The highest BCUT2D eigenvalue weighted by molar-refractivity contribution is 5.80. The number of para-hydroxylation sites is 1. The summed E-state index contributed by atoms with van der Waals surface area (Å²) < 4.78 is 3.83. The van der Waals surface area contributed by atoms with E-state index in [1.165, 1.54) is 0 Å². The van der Waals surface area contributed by atoms with Crippen molar-refractivity contribution in [2.75, 3.05) is 0 Å². The van der Waals surface area contributed by atoms with Gasteiger partial charge in [0.15, 0.2) is 0 Å². The van der Waals surface area contributed by atoms with Gasteiger partial charge in [0.05, 0.1) is 17.8 Å². The van der Waals surface area contributed by atoms with Gasteiger partial charge < -0.3 is 9.88 Å². The summed E-state index contributed by atoms with van der Waals surface area (Å²) in [6, 6.07) is 19.6. The number of aromatic nitrogens is 4. The van der Waals surface area contributed by atoms with Gasteiger partial charge in [-0.2, -0.15) is 5.10 Å². The minimum Gasteiger partial charge on any atom is -0.342 e. The van der Waals surface area contributed by atoms with Crippen LogP contribution in [0, 0.1) is 13.8 Å². The van der Waals surface area contributed by atoms with Crippen molar-refractivity contribution in [1.82, 2.24) is 24.6 Å². The molecule has 6 heteroatoms. The zero-order valence-corrected chi connectivity index (χ0v) is 17.4. The van der Waals surface area contributed by atoms with E-state index in [-0.39, 0.29) is 18.4 Å². The van der Waals surface area contributed by atoms with E-state index in [0.29, 0.717) is 0 Å². The summed E-state index contributed by atoms with van der Waals surface area (Å²) in [5.74, 6) is 0.730. The Morgan fingerprint density at radius 1 is 1.03 bits per heavy atom. The van der Waals surface area contributed by atoms with Crippen molar-refractivity contribution in [3.63, 3.8) is 0 Å². The molecular formula is C24H25N5O. The fraction of sp³-hybridized carbons (Fsp3) is 0.208. The van der Waals surface area contributed by atoms with E-state index in [9.17, 15) is 4.79 Å². The van der Waals surface area contributed by atoms with Gasteiger partial charge in [0.25, 0.3) is 0 Å². The van der Waals surface area contributed by atoms with Gasteiger partial charge in [0, 0.05) is 30.7 Å². The summed E-state index contributed by atoms with van der Waals surface area (Å²) in [4.78, 5) is 17.5. The lowest BCUT2D eigenvalue weighted by molar-refractivity contribution is -0.121. The molecule has 0 spiro atoms. The Bertz CT molecular complexity index is 1150. The summed E-state index contributed by atoms with van der Waals surface area (Å²) in [5, 5.41) is 7.82. The van der Waals surface area contributed by atoms with E-state index in [0.717, 1.165) is 34.0 Å². The molecular weight excluding hydrogens is 374 g/mol. The first kappa shape index (κ1) is 19.6. The SMILES string of the molecule is Cc1nn(-c2ccccc2)c(C)c1CC(=O)N[C@@H](c1ccccc1)c1nccn1C. The number of nitrogens with zero attached hydrogens (tertiary/aromatic N) is 4. The molecule has 0 bridgehead atoms. The van der Waals surface area contributed by atoms with Crippen LogP contribution in [0.4, 0.5) is 0 Å². The number of hydrogen-bond donors (Lipinski definition) is 1. The fourth-order valence-corrected chi connectivity index (χ4v) is 3.72. The van der Waals surface area contributed by atoms with Crippen molar-refractivity contribution in [1.29, 1.82) is 0 Å². The van der Waals surface area contributed by atoms with Gasteiger partial charge in [-0.05, 0) is 31.5 Å². The molecule has 0 aliphatic heterocycles. The molecule has 0 unspecified atom stereocenters. The minimum atomic E-state index is -0.316. The van der Waals surface area contributed by atoms with Gasteiger partial charge in [-0.15, -0.1) is 0 Å². The number of benzene rings is 2. The molecule has 1 amide bonds. The van der Waals surface area contributed by atoms with Crippen molar-refractivity contribution >= 4 is 5.91 Å². The third kappa shape index (κ3) is 3.89. The first-order valence-corrected chi connectivity index (χ1v) is 9.96. The minimum absolute atomic E-state index is 0.0642. The Balaban J connectivity index is 1.59. The lowest BCUT2D eigenvalue weighted by Crippen LogP contribution is -2.32. The number of aryl methyl sites for hydroxylation is 2. The number of amides is 1. The van der Waals surface area contributed by atoms with E-state index < -0.39 is 0 Å². The molecule has 2 heterocycles. The summed E-state index contributed by atoms with van der Waals surface area (Å²) >= 11 is 0. The number of carbonyl (C=O) groups is 1. The third-order valence-corrected chi connectivity index (χ3v) is 5.33. The maximum Gasteiger partial charge on any atom is 0.225 e. The van der Waals surface area contributed by atoms with Crippen LogP contribution < -0.4 is 5.32 Å². The van der Waals surface area contributed by atoms with Gasteiger partial charge in [0.1, 0.15) is 11.9 Å². The topological polar surface area (TPSA) is 64.7 Å². The lowest BCUT2D eigenvalue weighted by atomic mass is 10.0. The van der Waals surface area contributed by atoms with Crippen LogP contribution >= 0.6 is 0 Å². The van der Waals surface area contributed by atoms with Gasteiger partial charge in [-0.3, -0.25) is 4.79 Å². The van der Waals surface area contributed by atoms with Crippen LogP contribution in [0.2, 0.25) is 0 Å². The highest BCUT2D eigenvalue weighted by Crippen LogP contribution is 2.22. The molecule has 2 aromatic carbocycles. The molecule has 0 aliphatic rings. The van der Waals surface area contributed by atoms with Crippen LogP contribution in [0.3, 0.4) is 0 Å². The number of nitrogens with one attached hydrogen (secondary N) is 1. The highest BCUT2D eigenvalue weighted by Gasteiger charge is 2.22. The molecule has 0 saturated carbocycles. The second-order valence-electron chi connectivity index (χ2n) is 7.38. The summed E-state index contributed by atoms with van der Waals surface area (Å²) in [6.45, 7) is 3.95. The largest absolute Gasteiger partial charge is 0.342 e. The molecule has 1 atom stereocenters. The van der Waals surface area contributed by atoms with Gasteiger partial charge in [0.2, 0.25) is 5.91 Å². The van der Waals surface area contributed by atoms with Crippen LogP contribution in [0.25, 0.3) is 5.69 Å². The Morgan fingerprint density at radius 2 is 1.70 bits per heavy atom. The predicted molar refractivity (Wildman–Crippen MR) is 116 cm³/mol. The van der Waals surface area contributed by atoms with Crippen LogP contribution in [0.1, 0.15) is 34.4 Å². The second kappa shape index (κ2) is 8.37. The number of hydrogen-bond acceptors (Lipinski definition) is 3. The Labute approximate surface area is 176 Å². The second-order valence-corrected chi connectivity index (χ2v) is 7.38. The first-order chi connectivity index (χ1) is 14.5. The average Bonchev–Trinajstić information content (AvgIpc) is 3.31. The van der Waals surface area contributed by atoms with E-state index in [1.807, 2.05) is 97.0 Å². The zero-order chi connectivity index (χ0) is 21.1. The maximum atomic E-state index is 13.1. The van der Waals surface area contributed by atoms with Gasteiger partial charge in [-0.25, -0.2) is 9.67 Å². The Morgan fingerprint density at radius 3 is 2.33 bits per heavy atom. The van der Waals surface area contributed by atoms with E-state index in [1.54, 1.807) is 6.20 Å². The van der Waals surface area contributed by atoms with Crippen molar-refractivity contribution < 1.29 is 4.79 Å². The average molecular weight is 399 g/mol. The molecule has 2 aromatic heterocycles. The van der Waals surface area contributed by atoms with Crippen molar-refractivity contribution in [3.8, 4) is 5.69 Å². The molecule has 0 saturated heterocycles. The molecule has 6 nitrogen and oxygen atoms in total. The Hall–Kier alpha value is -3.67. The maximum absolute atomic E-state index is 13.1. The molecule has 30 heavy (non-hydrogen) atoms. The summed E-state index contributed by atoms with van der Waals surface area (Å²) in [5.41, 5.74) is 4.76. The number of imidazole rings is 1. The summed E-state index contributed by atoms with van der Waals surface area (Å²) in [6.07, 6.45) is 3.89. The van der Waals surface area contributed by atoms with Crippen molar-refractivity contribution in [2.24, 2.45) is 7.05 Å². The van der Waals surface area contributed by atoms with Crippen molar-refractivity contribution in [2.45, 2.75) is 26.3 Å². The Kier molecular flexibility index (Phi) is 5.48. The summed E-state index contributed by atoms with van der Waals surface area (Å²) in [7, 11) is 1.93. The highest BCUT2D eigenvalue weighted by atomic mass is 16.1. The smallest absolute Gasteiger partial charge is 0.225 e. The lowest BCUT2D eigenvalue weighted by Gasteiger charge is -2.19. The monoisotopic (exact) mass is 399 g/mol. The molecule has 4 rings (SSSR count). The van der Waals surface area contributed by atoms with Crippen molar-refractivity contribution in [3.05, 3.63) is 101 Å². The van der Waals surface area contributed by atoms with Gasteiger partial charge in [-0.1, -0.05) is 48.5 Å². The van der Waals surface area contributed by atoms with Gasteiger partial charge >= 0.3 is 0 Å². The standard InChI is InChI=1S/C24H25N5O/c1-17-21(18(2)29(27-17)20-12-8-5-9-13-20)16-22(30)26-23(19-10-6-4-7-11-19)24-25-14-15-28(24)3/h4-15,23H,16H2,1-3H3,(H,26,30)/t23-/m0/s1. The number of carbonyl (C=O) groups excluding carboxylic acids is 1. The van der Waals surface area contributed by atoms with E-state index >= 15 is 0 Å². The van der Waals surface area contributed by atoms with Crippen LogP contribution in [0.5, 0.6) is 0 Å². The van der Waals surface area contributed by atoms with E-state index in [4.69, 9.17) is 0 Å².